The second-order valence-electron chi connectivity index (χ2n) is 3.30. The van der Waals surface area contributed by atoms with Gasteiger partial charge in [-0.15, -0.1) is 0 Å². The van der Waals surface area contributed by atoms with E-state index in [-0.39, 0.29) is 70.2 Å². The van der Waals surface area contributed by atoms with Crippen molar-refractivity contribution in [2.24, 2.45) is 0 Å². The van der Waals surface area contributed by atoms with Crippen LogP contribution in [0.25, 0.3) is 0 Å². The van der Waals surface area contributed by atoms with Gasteiger partial charge in [-0.3, -0.25) is 0 Å². The van der Waals surface area contributed by atoms with Crippen LogP contribution in [0, 0.1) is 0 Å². The Bertz CT molecular complexity index is 489. The molecule has 0 bridgehead atoms. The van der Waals surface area contributed by atoms with Crippen LogP contribution in [-0.2, 0) is 9.84 Å². The van der Waals surface area contributed by atoms with Crippen LogP contribution in [0.15, 0.2) is 24.3 Å². The number of sulfone groups is 1. The Morgan fingerprint density at radius 2 is 1.21 bits per heavy atom. The van der Waals surface area contributed by atoms with Crippen LogP contribution in [0.5, 0.6) is 0 Å². The molecule has 0 amide bonds. The molecule has 0 aliphatic carbocycles. The van der Waals surface area contributed by atoms with Crippen molar-refractivity contribution in [3.63, 3.8) is 0 Å². The Labute approximate surface area is 155 Å². The second kappa shape index (κ2) is 10.8. The Morgan fingerprint density at radius 3 is 1.42 bits per heavy atom. The van der Waals surface area contributed by atoms with Crippen molar-refractivity contribution < 1.29 is 87.3 Å². The van der Waals surface area contributed by atoms with Gasteiger partial charge in [0.05, 0.1) is 11.9 Å². The molecule has 0 spiro atoms. The predicted octanol–water partition coefficient (Wildman–Crippen LogP) is -7.92. The van der Waals surface area contributed by atoms with E-state index in [0.717, 1.165) is 18.6 Å². The average molecular weight is 304 g/mol. The SMILES string of the molecule is CS(C)(=O)=O.O=C([O-])c1cccc(C(=O)[O-])c1.[Na+].[Na+]. The molecule has 1 rings (SSSR count). The third-order valence-electron chi connectivity index (χ3n) is 1.33. The number of aromatic carboxylic acids is 2. The molecule has 0 unspecified atom stereocenters. The molecule has 19 heavy (non-hydrogen) atoms. The molecule has 0 heterocycles. The molecular formula is C10H10Na2O6S. The van der Waals surface area contributed by atoms with Gasteiger partial charge in [0.2, 0.25) is 0 Å². The number of carbonyl (C=O) groups is 2. The number of rotatable bonds is 2. The van der Waals surface area contributed by atoms with E-state index in [2.05, 4.69) is 0 Å². The number of hydrogen-bond acceptors (Lipinski definition) is 6. The quantitative estimate of drug-likeness (QED) is 0.501. The zero-order valence-corrected chi connectivity index (χ0v) is 16.0. The van der Waals surface area contributed by atoms with E-state index in [1.165, 1.54) is 18.2 Å². The number of carboxylic acids is 2. The maximum atomic E-state index is 10.3. The molecule has 94 valence electrons. The smallest absolute Gasteiger partial charge is 0.545 e. The molecule has 6 nitrogen and oxygen atoms in total. The fourth-order valence-corrected chi connectivity index (χ4v) is 0.773. The van der Waals surface area contributed by atoms with Gasteiger partial charge in [-0.25, -0.2) is 8.42 Å². The van der Waals surface area contributed by atoms with Crippen molar-refractivity contribution in [3.05, 3.63) is 35.4 Å². The minimum atomic E-state index is -2.67. The van der Waals surface area contributed by atoms with E-state index < -0.39 is 21.8 Å². The second-order valence-corrected chi connectivity index (χ2v) is 5.58. The Hall–Kier alpha value is 0.110. The maximum absolute atomic E-state index is 10.3. The first-order valence-corrected chi connectivity index (χ1v) is 6.59. The van der Waals surface area contributed by atoms with Crippen LogP contribution in [0.4, 0.5) is 0 Å². The van der Waals surface area contributed by atoms with Gasteiger partial charge in [0, 0.05) is 12.5 Å². The maximum Gasteiger partial charge on any atom is 1.00 e. The number of carbonyl (C=O) groups excluding carboxylic acids is 2. The molecule has 0 saturated heterocycles. The van der Waals surface area contributed by atoms with E-state index in [1.807, 2.05) is 0 Å². The van der Waals surface area contributed by atoms with Crippen LogP contribution in [0.1, 0.15) is 20.7 Å². The molecule has 0 radical (unpaired) electrons. The summed E-state index contributed by atoms with van der Waals surface area (Å²) in [4.78, 5) is 20.5. The first kappa shape index (κ1) is 24.1. The minimum Gasteiger partial charge on any atom is -0.545 e. The van der Waals surface area contributed by atoms with Crippen LogP contribution in [-0.4, -0.2) is 32.9 Å². The molecular weight excluding hydrogens is 294 g/mol. The molecule has 0 N–H and O–H groups in total. The summed E-state index contributed by atoms with van der Waals surface area (Å²) in [6.45, 7) is 0. The number of benzene rings is 1. The standard InChI is InChI=1S/C8H6O4.C2H6O2S.2Na/c9-7(10)5-2-1-3-6(4-5)8(11)12;1-5(2,3)4;;/h1-4H,(H,9,10)(H,11,12);1-2H3;;/q;;2*+1/p-2. The summed E-state index contributed by atoms with van der Waals surface area (Å²) >= 11 is 0. The summed E-state index contributed by atoms with van der Waals surface area (Å²) in [5, 5.41) is 20.5. The van der Waals surface area contributed by atoms with Gasteiger partial charge < -0.3 is 19.8 Å². The predicted molar refractivity (Wildman–Crippen MR) is 55.9 cm³/mol. The van der Waals surface area contributed by atoms with Gasteiger partial charge in [0.1, 0.15) is 9.84 Å². The Balaban J connectivity index is -0.000000320. The van der Waals surface area contributed by atoms with E-state index >= 15 is 0 Å². The molecule has 0 aliphatic heterocycles. The molecule has 1 aromatic carbocycles. The third-order valence-corrected chi connectivity index (χ3v) is 1.33. The van der Waals surface area contributed by atoms with Crippen molar-refractivity contribution in [1.82, 2.24) is 0 Å². The van der Waals surface area contributed by atoms with Gasteiger partial charge >= 0.3 is 59.1 Å². The van der Waals surface area contributed by atoms with Crippen LogP contribution < -0.4 is 69.3 Å². The molecule has 0 saturated carbocycles. The molecule has 0 fully saturated rings. The van der Waals surface area contributed by atoms with Gasteiger partial charge in [-0.2, -0.15) is 0 Å². The first-order chi connectivity index (χ1) is 7.61. The summed E-state index contributed by atoms with van der Waals surface area (Å²) < 4.78 is 19.3. The fraction of sp³-hybridized carbons (Fsp3) is 0.200. The fourth-order valence-electron chi connectivity index (χ4n) is 0.773. The largest absolute Gasteiger partial charge is 1.00 e. The summed E-state index contributed by atoms with van der Waals surface area (Å²) in [7, 11) is -2.67. The van der Waals surface area contributed by atoms with E-state index in [9.17, 15) is 28.2 Å². The Morgan fingerprint density at radius 1 is 0.947 bits per heavy atom. The number of carboxylic acid groups (broad SMARTS) is 2. The number of hydrogen-bond donors (Lipinski definition) is 0. The van der Waals surface area contributed by atoms with Crippen LogP contribution in [0.2, 0.25) is 0 Å². The molecule has 1 aromatic rings. The van der Waals surface area contributed by atoms with Gasteiger partial charge in [-0.05, 0) is 17.2 Å². The first-order valence-electron chi connectivity index (χ1n) is 4.29. The van der Waals surface area contributed by atoms with E-state index in [4.69, 9.17) is 0 Å². The van der Waals surface area contributed by atoms with E-state index in [0.29, 0.717) is 0 Å². The van der Waals surface area contributed by atoms with Crippen LogP contribution in [0.3, 0.4) is 0 Å². The van der Waals surface area contributed by atoms with Crippen molar-refractivity contribution in [2.75, 3.05) is 12.5 Å². The van der Waals surface area contributed by atoms with Gasteiger partial charge in [-0.1, -0.05) is 18.2 Å². The summed E-state index contributed by atoms with van der Waals surface area (Å²) in [6.07, 6.45) is 2.32. The average Bonchev–Trinajstić information content (AvgIpc) is 2.15. The van der Waals surface area contributed by atoms with Gasteiger partial charge in [0.15, 0.2) is 0 Å². The molecule has 0 aromatic heterocycles. The minimum absolute atomic E-state index is 0. The summed E-state index contributed by atoms with van der Waals surface area (Å²) in [6, 6.07) is 4.81. The molecule has 0 atom stereocenters. The van der Waals surface area contributed by atoms with E-state index in [1.54, 1.807) is 0 Å². The topological polar surface area (TPSA) is 114 Å². The normalized spacial score (nSPS) is 8.95. The van der Waals surface area contributed by atoms with Crippen LogP contribution >= 0.6 is 0 Å². The Kier molecular flexibility index (Phi) is 13.8. The van der Waals surface area contributed by atoms with Crippen molar-refractivity contribution in [3.8, 4) is 0 Å². The summed E-state index contributed by atoms with van der Waals surface area (Å²) in [5.74, 6) is -2.81. The summed E-state index contributed by atoms with van der Waals surface area (Å²) in [5.41, 5.74) is -0.339. The zero-order valence-electron chi connectivity index (χ0n) is 11.2. The van der Waals surface area contributed by atoms with Crippen molar-refractivity contribution >= 4 is 21.8 Å². The molecule has 0 aliphatic rings. The monoisotopic (exact) mass is 304 g/mol. The van der Waals surface area contributed by atoms with Crippen molar-refractivity contribution in [2.45, 2.75) is 0 Å². The van der Waals surface area contributed by atoms with Gasteiger partial charge in [0.25, 0.3) is 0 Å². The third kappa shape index (κ3) is 14.3. The van der Waals surface area contributed by atoms with Crippen molar-refractivity contribution in [1.29, 1.82) is 0 Å². The zero-order chi connectivity index (χ0) is 13.6. The molecule has 9 heteroatoms.